The Bertz CT molecular complexity index is 820. The standard InChI is InChI=1S/C17H15NO4/c1-10(17(19)20)12-5-8-15-14(9-12)18-16(22-15)11-3-6-13(21-2)7-4-11/h3-10H,1-2H3,(H,19,20). The van der Waals surface area contributed by atoms with E-state index in [0.717, 1.165) is 11.3 Å². The van der Waals surface area contributed by atoms with Crippen LogP contribution in [0.3, 0.4) is 0 Å². The summed E-state index contributed by atoms with van der Waals surface area (Å²) in [6, 6.07) is 12.7. The van der Waals surface area contributed by atoms with E-state index in [2.05, 4.69) is 4.98 Å². The molecular formula is C17H15NO4. The van der Waals surface area contributed by atoms with Crippen LogP contribution in [-0.4, -0.2) is 23.2 Å². The normalized spacial score (nSPS) is 12.3. The molecule has 0 spiro atoms. The molecule has 22 heavy (non-hydrogen) atoms. The first-order valence-corrected chi connectivity index (χ1v) is 6.86. The fraction of sp³-hybridized carbons (Fsp3) is 0.176. The topological polar surface area (TPSA) is 72.6 Å². The van der Waals surface area contributed by atoms with Gasteiger partial charge in [0.25, 0.3) is 0 Å². The van der Waals surface area contributed by atoms with E-state index in [1.807, 2.05) is 24.3 Å². The van der Waals surface area contributed by atoms with Crippen molar-refractivity contribution in [2.45, 2.75) is 12.8 Å². The number of fused-ring (bicyclic) bond motifs is 1. The third-order valence-electron chi connectivity index (χ3n) is 3.62. The van der Waals surface area contributed by atoms with E-state index in [1.54, 1.807) is 32.2 Å². The molecule has 1 heterocycles. The molecule has 3 aromatic rings. The van der Waals surface area contributed by atoms with Gasteiger partial charge in [-0.2, -0.15) is 0 Å². The number of hydrogen-bond acceptors (Lipinski definition) is 4. The van der Waals surface area contributed by atoms with E-state index in [-0.39, 0.29) is 0 Å². The van der Waals surface area contributed by atoms with Crippen LogP contribution in [0, 0.1) is 0 Å². The summed E-state index contributed by atoms with van der Waals surface area (Å²) in [5.41, 5.74) is 2.82. The van der Waals surface area contributed by atoms with Crippen molar-refractivity contribution in [3.05, 3.63) is 48.0 Å². The van der Waals surface area contributed by atoms with Gasteiger partial charge in [-0.3, -0.25) is 4.79 Å². The molecule has 0 aliphatic carbocycles. The van der Waals surface area contributed by atoms with Gasteiger partial charge in [-0.1, -0.05) is 6.07 Å². The Hall–Kier alpha value is -2.82. The van der Waals surface area contributed by atoms with Gasteiger partial charge in [-0.15, -0.1) is 0 Å². The lowest BCUT2D eigenvalue weighted by Crippen LogP contribution is -2.06. The van der Waals surface area contributed by atoms with E-state index in [4.69, 9.17) is 14.3 Å². The third kappa shape index (κ3) is 2.53. The van der Waals surface area contributed by atoms with Gasteiger partial charge in [0.1, 0.15) is 11.3 Å². The monoisotopic (exact) mass is 297 g/mol. The van der Waals surface area contributed by atoms with Gasteiger partial charge in [0.15, 0.2) is 5.58 Å². The number of carbonyl (C=O) groups is 1. The second kappa shape index (κ2) is 5.52. The van der Waals surface area contributed by atoms with Crippen LogP contribution in [0.2, 0.25) is 0 Å². The van der Waals surface area contributed by atoms with E-state index in [1.165, 1.54) is 0 Å². The van der Waals surface area contributed by atoms with Crippen molar-refractivity contribution in [2.75, 3.05) is 7.11 Å². The van der Waals surface area contributed by atoms with Crippen molar-refractivity contribution in [2.24, 2.45) is 0 Å². The maximum Gasteiger partial charge on any atom is 0.310 e. The molecule has 1 N–H and O–H groups in total. The zero-order valence-corrected chi connectivity index (χ0v) is 12.2. The van der Waals surface area contributed by atoms with Crippen molar-refractivity contribution in [3.8, 4) is 17.2 Å². The fourth-order valence-corrected chi connectivity index (χ4v) is 2.21. The van der Waals surface area contributed by atoms with Crippen LogP contribution >= 0.6 is 0 Å². The predicted octanol–water partition coefficient (Wildman–Crippen LogP) is 3.69. The first kappa shape index (κ1) is 14.1. The van der Waals surface area contributed by atoms with Crippen LogP contribution < -0.4 is 4.74 Å². The van der Waals surface area contributed by atoms with E-state index in [9.17, 15) is 4.79 Å². The second-order valence-electron chi connectivity index (χ2n) is 5.03. The van der Waals surface area contributed by atoms with Crippen LogP contribution in [0.25, 0.3) is 22.6 Å². The first-order valence-electron chi connectivity index (χ1n) is 6.86. The van der Waals surface area contributed by atoms with Gasteiger partial charge < -0.3 is 14.3 Å². The lowest BCUT2D eigenvalue weighted by molar-refractivity contribution is -0.138. The highest BCUT2D eigenvalue weighted by molar-refractivity contribution is 5.81. The first-order chi connectivity index (χ1) is 10.6. The van der Waals surface area contributed by atoms with Gasteiger partial charge in [0, 0.05) is 5.56 Å². The van der Waals surface area contributed by atoms with Crippen LogP contribution in [-0.2, 0) is 4.79 Å². The molecule has 112 valence electrons. The number of oxazole rings is 1. The molecule has 0 radical (unpaired) electrons. The quantitative estimate of drug-likeness (QED) is 0.795. The maximum absolute atomic E-state index is 11.1. The number of hydrogen-bond donors (Lipinski definition) is 1. The SMILES string of the molecule is COc1ccc(-c2nc3cc(C(C)C(=O)O)ccc3o2)cc1. The number of rotatable bonds is 4. The number of methoxy groups -OCH3 is 1. The number of aromatic nitrogens is 1. The van der Waals surface area contributed by atoms with Crippen molar-refractivity contribution < 1.29 is 19.1 Å². The number of carboxylic acid groups (broad SMARTS) is 1. The third-order valence-corrected chi connectivity index (χ3v) is 3.62. The van der Waals surface area contributed by atoms with Gasteiger partial charge in [0.05, 0.1) is 13.0 Å². The minimum atomic E-state index is -0.863. The summed E-state index contributed by atoms with van der Waals surface area (Å²) in [5.74, 6) is -0.182. The zero-order valence-electron chi connectivity index (χ0n) is 12.2. The number of ether oxygens (including phenoxy) is 1. The van der Waals surface area contributed by atoms with Gasteiger partial charge in [-0.05, 0) is 48.9 Å². The molecule has 0 saturated heterocycles. The predicted molar refractivity (Wildman–Crippen MR) is 82.0 cm³/mol. The maximum atomic E-state index is 11.1. The Morgan fingerprint density at radius 3 is 2.59 bits per heavy atom. The van der Waals surface area contributed by atoms with Gasteiger partial charge in [0.2, 0.25) is 5.89 Å². The molecule has 1 unspecified atom stereocenters. The molecule has 5 heteroatoms. The lowest BCUT2D eigenvalue weighted by Gasteiger charge is -2.04. The highest BCUT2D eigenvalue weighted by Gasteiger charge is 2.16. The number of carboxylic acids is 1. The summed E-state index contributed by atoms with van der Waals surface area (Å²) in [4.78, 5) is 15.5. The molecule has 3 rings (SSSR count). The number of benzene rings is 2. The summed E-state index contributed by atoms with van der Waals surface area (Å²) in [6.45, 7) is 1.65. The van der Waals surface area contributed by atoms with Crippen LogP contribution in [0.1, 0.15) is 18.4 Å². The van der Waals surface area contributed by atoms with Gasteiger partial charge >= 0.3 is 5.97 Å². The van der Waals surface area contributed by atoms with Gasteiger partial charge in [-0.25, -0.2) is 4.98 Å². The van der Waals surface area contributed by atoms with Crippen molar-refractivity contribution in [1.29, 1.82) is 0 Å². The molecule has 0 aliphatic heterocycles. The van der Waals surface area contributed by atoms with E-state index < -0.39 is 11.9 Å². The Labute approximate surface area is 127 Å². The highest BCUT2D eigenvalue weighted by Crippen LogP contribution is 2.28. The van der Waals surface area contributed by atoms with E-state index >= 15 is 0 Å². The summed E-state index contributed by atoms with van der Waals surface area (Å²) in [5, 5.41) is 9.08. The van der Waals surface area contributed by atoms with Crippen molar-refractivity contribution >= 4 is 17.1 Å². The lowest BCUT2D eigenvalue weighted by atomic mass is 10.0. The Morgan fingerprint density at radius 1 is 1.23 bits per heavy atom. The average Bonchev–Trinajstić information content (AvgIpc) is 2.97. The number of aliphatic carboxylic acids is 1. The molecule has 1 atom stereocenters. The summed E-state index contributed by atoms with van der Waals surface area (Å²) in [6.07, 6.45) is 0. The Kier molecular flexibility index (Phi) is 3.55. The van der Waals surface area contributed by atoms with Crippen molar-refractivity contribution in [3.63, 3.8) is 0 Å². The van der Waals surface area contributed by atoms with Crippen molar-refractivity contribution in [1.82, 2.24) is 4.98 Å². The molecule has 0 bridgehead atoms. The minimum absolute atomic E-state index is 0.498. The summed E-state index contributed by atoms with van der Waals surface area (Å²) in [7, 11) is 1.61. The molecule has 0 saturated carbocycles. The van der Waals surface area contributed by atoms with Crippen LogP contribution in [0.15, 0.2) is 46.9 Å². The Morgan fingerprint density at radius 2 is 1.95 bits per heavy atom. The van der Waals surface area contributed by atoms with E-state index in [0.29, 0.717) is 22.6 Å². The zero-order chi connectivity index (χ0) is 15.7. The smallest absolute Gasteiger partial charge is 0.310 e. The number of nitrogens with zero attached hydrogens (tertiary/aromatic N) is 1. The minimum Gasteiger partial charge on any atom is -0.497 e. The molecule has 0 fully saturated rings. The molecule has 0 aliphatic rings. The molecular weight excluding hydrogens is 282 g/mol. The largest absolute Gasteiger partial charge is 0.497 e. The Balaban J connectivity index is 2.00. The molecule has 1 aromatic heterocycles. The van der Waals surface area contributed by atoms with Crippen LogP contribution in [0.4, 0.5) is 0 Å². The average molecular weight is 297 g/mol. The van der Waals surface area contributed by atoms with Crippen LogP contribution in [0.5, 0.6) is 5.75 Å². The molecule has 5 nitrogen and oxygen atoms in total. The summed E-state index contributed by atoms with van der Waals surface area (Å²) < 4.78 is 10.8. The second-order valence-corrected chi connectivity index (χ2v) is 5.03. The molecule has 0 amide bonds. The highest BCUT2D eigenvalue weighted by atomic mass is 16.5. The molecule has 2 aromatic carbocycles. The summed E-state index contributed by atoms with van der Waals surface area (Å²) >= 11 is 0. The fourth-order valence-electron chi connectivity index (χ4n) is 2.21.